The fourth-order valence-electron chi connectivity index (χ4n) is 2.84. The van der Waals surface area contributed by atoms with Gasteiger partial charge in [-0.2, -0.15) is 0 Å². The molecule has 1 aromatic carbocycles. The number of carbonyl (C=O) groups excluding carboxylic acids is 1. The molecule has 1 aliphatic heterocycles. The van der Waals surface area contributed by atoms with E-state index in [1.165, 1.54) is 0 Å². The minimum absolute atomic E-state index is 0.0511. The number of carbonyl (C=O) groups is 1. The highest BCUT2D eigenvalue weighted by atomic mass is 32.2. The van der Waals surface area contributed by atoms with Crippen molar-refractivity contribution in [1.29, 1.82) is 0 Å². The molecule has 0 bridgehead atoms. The predicted molar refractivity (Wildman–Crippen MR) is 76.0 cm³/mol. The van der Waals surface area contributed by atoms with E-state index < -0.39 is 9.84 Å². The molecule has 1 saturated heterocycles. The van der Waals surface area contributed by atoms with Crippen LogP contribution >= 0.6 is 0 Å². The van der Waals surface area contributed by atoms with Crippen LogP contribution in [0.2, 0.25) is 0 Å². The van der Waals surface area contributed by atoms with Crippen LogP contribution in [0.3, 0.4) is 0 Å². The molecule has 2 fully saturated rings. The van der Waals surface area contributed by atoms with Crippen molar-refractivity contribution in [3.05, 3.63) is 30.3 Å². The summed E-state index contributed by atoms with van der Waals surface area (Å²) in [7, 11) is -3.31. The number of hydrogen-bond donors (Lipinski definition) is 0. The summed E-state index contributed by atoms with van der Waals surface area (Å²) in [6.45, 7) is 0.713. The topological polar surface area (TPSA) is 54.5 Å². The Bertz CT molecular complexity index is 593. The predicted octanol–water partition coefficient (Wildman–Crippen LogP) is 1.86. The van der Waals surface area contributed by atoms with E-state index in [-0.39, 0.29) is 23.6 Å². The van der Waals surface area contributed by atoms with Crippen LogP contribution in [0, 0.1) is 5.92 Å². The van der Waals surface area contributed by atoms with E-state index in [1.54, 1.807) is 35.2 Å². The van der Waals surface area contributed by atoms with E-state index in [0.717, 1.165) is 25.7 Å². The van der Waals surface area contributed by atoms with Gasteiger partial charge in [-0.15, -0.1) is 0 Å². The summed E-state index contributed by atoms with van der Waals surface area (Å²) in [5.74, 6) is 0.376. The summed E-state index contributed by atoms with van der Waals surface area (Å²) in [5, 5.41) is 0. The van der Waals surface area contributed by atoms with Crippen LogP contribution in [0.1, 0.15) is 25.7 Å². The summed E-state index contributed by atoms with van der Waals surface area (Å²) >= 11 is 0. The number of sulfone groups is 1. The Labute approximate surface area is 119 Å². The molecule has 5 heteroatoms. The Morgan fingerprint density at radius 2 is 1.85 bits per heavy atom. The third-order valence-corrected chi connectivity index (χ3v) is 5.91. The first-order valence-electron chi connectivity index (χ1n) is 7.16. The quantitative estimate of drug-likeness (QED) is 0.851. The smallest absolute Gasteiger partial charge is 0.225 e. The maximum Gasteiger partial charge on any atom is 0.225 e. The van der Waals surface area contributed by atoms with Gasteiger partial charge in [0.25, 0.3) is 0 Å². The molecular weight excluding hydrogens is 274 g/mol. The second kappa shape index (κ2) is 5.20. The average Bonchev–Trinajstić information content (AvgIpc) is 3.20. The molecule has 4 nitrogen and oxygen atoms in total. The molecule has 1 aromatic rings. The van der Waals surface area contributed by atoms with Crippen LogP contribution in [0.15, 0.2) is 35.2 Å². The Morgan fingerprint density at radius 3 is 2.50 bits per heavy atom. The molecule has 108 valence electrons. The molecule has 1 heterocycles. The van der Waals surface area contributed by atoms with Gasteiger partial charge in [-0.05, 0) is 37.8 Å². The van der Waals surface area contributed by atoms with E-state index in [2.05, 4.69) is 0 Å². The number of rotatable bonds is 4. The van der Waals surface area contributed by atoms with Gasteiger partial charge in [0.1, 0.15) is 0 Å². The Balaban J connectivity index is 1.74. The van der Waals surface area contributed by atoms with Crippen molar-refractivity contribution in [2.75, 3.05) is 12.3 Å². The third-order valence-electron chi connectivity index (χ3n) is 4.10. The minimum atomic E-state index is -3.31. The lowest BCUT2D eigenvalue weighted by Gasteiger charge is -2.24. The van der Waals surface area contributed by atoms with Crippen LogP contribution in [0.4, 0.5) is 0 Å². The molecule has 1 atom stereocenters. The lowest BCUT2D eigenvalue weighted by atomic mass is 10.2. The molecule has 20 heavy (non-hydrogen) atoms. The van der Waals surface area contributed by atoms with Gasteiger partial charge in [0.05, 0.1) is 10.6 Å². The van der Waals surface area contributed by atoms with Gasteiger partial charge in [-0.25, -0.2) is 8.42 Å². The van der Waals surface area contributed by atoms with Gasteiger partial charge in [-0.3, -0.25) is 4.79 Å². The first kappa shape index (κ1) is 13.6. The lowest BCUT2D eigenvalue weighted by Crippen LogP contribution is -2.40. The van der Waals surface area contributed by atoms with Crippen LogP contribution in [0.5, 0.6) is 0 Å². The van der Waals surface area contributed by atoms with Gasteiger partial charge in [-0.1, -0.05) is 18.2 Å². The van der Waals surface area contributed by atoms with E-state index in [0.29, 0.717) is 11.4 Å². The normalized spacial score (nSPS) is 23.0. The lowest BCUT2D eigenvalue weighted by molar-refractivity contribution is -0.132. The molecule has 1 amide bonds. The van der Waals surface area contributed by atoms with Crippen molar-refractivity contribution in [2.45, 2.75) is 36.6 Å². The van der Waals surface area contributed by atoms with Crippen LogP contribution in [-0.4, -0.2) is 37.6 Å². The summed E-state index contributed by atoms with van der Waals surface area (Å²) in [5.41, 5.74) is 0. The van der Waals surface area contributed by atoms with Crippen LogP contribution < -0.4 is 0 Å². The number of hydrogen-bond acceptors (Lipinski definition) is 3. The van der Waals surface area contributed by atoms with E-state index in [9.17, 15) is 13.2 Å². The van der Waals surface area contributed by atoms with Crippen molar-refractivity contribution in [1.82, 2.24) is 4.90 Å². The first-order chi connectivity index (χ1) is 9.58. The average molecular weight is 293 g/mol. The molecule has 0 aromatic heterocycles. The number of nitrogens with zero attached hydrogens (tertiary/aromatic N) is 1. The minimum Gasteiger partial charge on any atom is -0.338 e. The fourth-order valence-corrected chi connectivity index (χ4v) is 4.46. The van der Waals surface area contributed by atoms with Crippen molar-refractivity contribution in [2.24, 2.45) is 5.92 Å². The molecule has 0 spiro atoms. The van der Waals surface area contributed by atoms with Gasteiger partial charge in [0.2, 0.25) is 5.91 Å². The number of likely N-dealkylation sites (tertiary alicyclic amines) is 1. The summed E-state index contributed by atoms with van der Waals surface area (Å²) in [4.78, 5) is 14.3. The highest BCUT2D eigenvalue weighted by Gasteiger charge is 2.39. The SMILES string of the molecule is O=C(C1CC1)N1CCC[C@@H]1CS(=O)(=O)c1ccccc1. The Kier molecular flexibility index (Phi) is 3.54. The zero-order valence-corrected chi connectivity index (χ0v) is 12.2. The maximum atomic E-state index is 12.4. The number of amides is 1. The standard InChI is InChI=1S/C15H19NO3S/c17-15(12-8-9-12)16-10-4-5-13(16)11-20(18,19)14-6-2-1-3-7-14/h1-3,6-7,12-13H,4-5,8-11H2/t13-/m1/s1. The Hall–Kier alpha value is -1.36. The Morgan fingerprint density at radius 1 is 1.15 bits per heavy atom. The largest absolute Gasteiger partial charge is 0.338 e. The van der Waals surface area contributed by atoms with Crippen molar-refractivity contribution >= 4 is 15.7 Å². The molecule has 3 rings (SSSR count). The van der Waals surface area contributed by atoms with Gasteiger partial charge in [0.15, 0.2) is 9.84 Å². The monoisotopic (exact) mass is 293 g/mol. The molecular formula is C15H19NO3S. The van der Waals surface area contributed by atoms with Gasteiger partial charge < -0.3 is 4.90 Å². The maximum absolute atomic E-state index is 12.4. The van der Waals surface area contributed by atoms with E-state index >= 15 is 0 Å². The third kappa shape index (κ3) is 2.73. The highest BCUT2D eigenvalue weighted by molar-refractivity contribution is 7.91. The molecule has 0 unspecified atom stereocenters. The summed E-state index contributed by atoms with van der Waals surface area (Å²) in [6.07, 6.45) is 3.64. The molecule has 0 N–H and O–H groups in total. The second-order valence-electron chi connectivity index (χ2n) is 5.70. The zero-order chi connectivity index (χ0) is 14.2. The zero-order valence-electron chi connectivity index (χ0n) is 11.4. The van der Waals surface area contributed by atoms with Crippen LogP contribution in [-0.2, 0) is 14.6 Å². The summed E-state index contributed by atoms with van der Waals surface area (Å²) in [6, 6.07) is 8.36. The molecule has 2 aliphatic rings. The van der Waals surface area contributed by atoms with E-state index in [4.69, 9.17) is 0 Å². The van der Waals surface area contributed by atoms with Crippen molar-refractivity contribution in [3.8, 4) is 0 Å². The van der Waals surface area contributed by atoms with Gasteiger partial charge >= 0.3 is 0 Å². The van der Waals surface area contributed by atoms with Crippen molar-refractivity contribution < 1.29 is 13.2 Å². The number of benzene rings is 1. The van der Waals surface area contributed by atoms with Crippen LogP contribution in [0.25, 0.3) is 0 Å². The molecule has 1 aliphatic carbocycles. The second-order valence-corrected chi connectivity index (χ2v) is 7.73. The fraction of sp³-hybridized carbons (Fsp3) is 0.533. The molecule has 0 radical (unpaired) electrons. The van der Waals surface area contributed by atoms with Crippen molar-refractivity contribution in [3.63, 3.8) is 0 Å². The highest BCUT2D eigenvalue weighted by Crippen LogP contribution is 2.34. The van der Waals surface area contributed by atoms with Gasteiger partial charge in [0, 0.05) is 18.5 Å². The van der Waals surface area contributed by atoms with E-state index in [1.807, 2.05) is 0 Å². The summed E-state index contributed by atoms with van der Waals surface area (Å²) < 4.78 is 24.8. The molecule has 1 saturated carbocycles. The first-order valence-corrected chi connectivity index (χ1v) is 8.81.